The second kappa shape index (κ2) is 6.19. The lowest BCUT2D eigenvalue weighted by Gasteiger charge is -2.47. The summed E-state index contributed by atoms with van der Waals surface area (Å²) in [6, 6.07) is 3.73. The van der Waals surface area contributed by atoms with Gasteiger partial charge in [-0.2, -0.15) is 0 Å². The topological polar surface area (TPSA) is 29.3 Å². The SMILES string of the molecule is CCC(C)(C(N)c1cccc(F)c1F)N1CCCCC1. The van der Waals surface area contributed by atoms with Crippen molar-refractivity contribution >= 4 is 0 Å². The molecule has 1 saturated heterocycles. The van der Waals surface area contributed by atoms with Gasteiger partial charge in [-0.3, -0.25) is 4.90 Å². The fourth-order valence-corrected chi connectivity index (χ4v) is 3.14. The molecule has 20 heavy (non-hydrogen) atoms. The number of hydrogen-bond acceptors (Lipinski definition) is 2. The first-order valence-corrected chi connectivity index (χ1v) is 7.45. The summed E-state index contributed by atoms with van der Waals surface area (Å²) >= 11 is 0. The molecule has 1 aliphatic rings. The van der Waals surface area contributed by atoms with E-state index in [4.69, 9.17) is 5.73 Å². The Balaban J connectivity index is 2.32. The average Bonchev–Trinajstić information content (AvgIpc) is 2.49. The van der Waals surface area contributed by atoms with Crippen LogP contribution in [-0.2, 0) is 0 Å². The molecule has 0 saturated carbocycles. The van der Waals surface area contributed by atoms with Crippen molar-refractivity contribution in [3.63, 3.8) is 0 Å². The molecule has 2 rings (SSSR count). The highest BCUT2D eigenvalue weighted by atomic mass is 19.2. The van der Waals surface area contributed by atoms with E-state index in [1.54, 1.807) is 6.07 Å². The summed E-state index contributed by atoms with van der Waals surface area (Å²) in [6.07, 6.45) is 4.34. The van der Waals surface area contributed by atoms with Crippen LogP contribution in [0.1, 0.15) is 51.1 Å². The molecule has 0 amide bonds. The number of benzene rings is 1. The molecular weight excluding hydrogens is 258 g/mol. The molecule has 0 bridgehead atoms. The van der Waals surface area contributed by atoms with Crippen LogP contribution < -0.4 is 5.73 Å². The number of hydrogen-bond donors (Lipinski definition) is 1. The van der Waals surface area contributed by atoms with Crippen molar-refractivity contribution in [3.8, 4) is 0 Å². The summed E-state index contributed by atoms with van der Waals surface area (Å²) in [6.45, 7) is 6.09. The van der Waals surface area contributed by atoms with Crippen LogP contribution in [0, 0.1) is 11.6 Å². The quantitative estimate of drug-likeness (QED) is 0.914. The minimum absolute atomic E-state index is 0.278. The molecular formula is C16H24F2N2. The normalized spacial score (nSPS) is 21.4. The van der Waals surface area contributed by atoms with Crippen LogP contribution in [-0.4, -0.2) is 23.5 Å². The number of likely N-dealkylation sites (tertiary alicyclic amines) is 1. The Morgan fingerprint density at radius 1 is 1.25 bits per heavy atom. The lowest BCUT2D eigenvalue weighted by atomic mass is 9.82. The van der Waals surface area contributed by atoms with Crippen molar-refractivity contribution in [1.29, 1.82) is 0 Å². The highest BCUT2D eigenvalue weighted by molar-refractivity contribution is 5.25. The molecule has 0 radical (unpaired) electrons. The Morgan fingerprint density at radius 2 is 1.90 bits per heavy atom. The molecule has 2 atom stereocenters. The zero-order chi connectivity index (χ0) is 14.8. The monoisotopic (exact) mass is 282 g/mol. The molecule has 112 valence electrons. The van der Waals surface area contributed by atoms with Crippen LogP contribution in [0.2, 0.25) is 0 Å². The standard InChI is InChI=1S/C16H24F2N2/c1-3-16(2,20-10-5-4-6-11-20)15(19)12-8-7-9-13(17)14(12)18/h7-9,15H,3-6,10-11,19H2,1-2H3. The maximum absolute atomic E-state index is 14.0. The maximum atomic E-state index is 14.0. The van der Waals surface area contributed by atoms with Crippen LogP contribution in [0.25, 0.3) is 0 Å². The van der Waals surface area contributed by atoms with Gasteiger partial charge in [-0.1, -0.05) is 25.5 Å². The summed E-state index contributed by atoms with van der Waals surface area (Å²) in [5, 5.41) is 0. The second-order valence-corrected chi connectivity index (χ2v) is 5.88. The molecule has 1 fully saturated rings. The summed E-state index contributed by atoms with van der Waals surface area (Å²) in [7, 11) is 0. The molecule has 1 aliphatic heterocycles. The average molecular weight is 282 g/mol. The third kappa shape index (κ3) is 2.72. The predicted molar refractivity (Wildman–Crippen MR) is 77.4 cm³/mol. The van der Waals surface area contributed by atoms with Crippen LogP contribution >= 0.6 is 0 Å². The van der Waals surface area contributed by atoms with E-state index in [9.17, 15) is 8.78 Å². The van der Waals surface area contributed by atoms with Crippen molar-refractivity contribution in [2.24, 2.45) is 5.73 Å². The fourth-order valence-electron chi connectivity index (χ4n) is 3.14. The largest absolute Gasteiger partial charge is 0.322 e. The Bertz CT molecular complexity index is 458. The second-order valence-electron chi connectivity index (χ2n) is 5.88. The number of nitrogens with zero attached hydrogens (tertiary/aromatic N) is 1. The van der Waals surface area contributed by atoms with Gasteiger partial charge in [-0.15, -0.1) is 0 Å². The van der Waals surface area contributed by atoms with E-state index in [0.29, 0.717) is 0 Å². The summed E-state index contributed by atoms with van der Waals surface area (Å²) in [4.78, 5) is 2.34. The van der Waals surface area contributed by atoms with Crippen LogP contribution in [0.5, 0.6) is 0 Å². The van der Waals surface area contributed by atoms with Crippen molar-refractivity contribution in [3.05, 3.63) is 35.4 Å². The van der Waals surface area contributed by atoms with Crippen molar-refractivity contribution in [2.75, 3.05) is 13.1 Å². The zero-order valence-electron chi connectivity index (χ0n) is 12.3. The first-order valence-electron chi connectivity index (χ1n) is 7.45. The van der Waals surface area contributed by atoms with Crippen molar-refractivity contribution in [1.82, 2.24) is 4.90 Å². The summed E-state index contributed by atoms with van der Waals surface area (Å²) in [5.74, 6) is -1.63. The zero-order valence-corrected chi connectivity index (χ0v) is 12.3. The van der Waals surface area contributed by atoms with Crippen molar-refractivity contribution in [2.45, 2.75) is 51.1 Å². The van der Waals surface area contributed by atoms with E-state index in [2.05, 4.69) is 18.7 Å². The minimum atomic E-state index is -0.824. The molecule has 2 unspecified atom stereocenters. The highest BCUT2D eigenvalue weighted by Crippen LogP contribution is 2.35. The first kappa shape index (κ1) is 15.4. The van der Waals surface area contributed by atoms with Crippen molar-refractivity contribution < 1.29 is 8.78 Å². The van der Waals surface area contributed by atoms with Gasteiger partial charge in [0.2, 0.25) is 0 Å². The van der Waals surface area contributed by atoms with E-state index in [1.165, 1.54) is 12.5 Å². The van der Waals surface area contributed by atoms with Crippen LogP contribution in [0.15, 0.2) is 18.2 Å². The number of rotatable bonds is 4. The molecule has 0 aliphatic carbocycles. The third-order valence-electron chi connectivity index (χ3n) is 4.78. The van der Waals surface area contributed by atoms with E-state index < -0.39 is 17.7 Å². The molecule has 2 N–H and O–H groups in total. The number of piperidine rings is 1. The number of nitrogens with two attached hydrogens (primary N) is 1. The van der Waals surface area contributed by atoms with E-state index in [-0.39, 0.29) is 11.1 Å². The van der Waals surface area contributed by atoms with Crippen LogP contribution in [0.4, 0.5) is 8.78 Å². The van der Waals surface area contributed by atoms with Gasteiger partial charge >= 0.3 is 0 Å². The lowest BCUT2D eigenvalue weighted by Crippen LogP contribution is -2.55. The smallest absolute Gasteiger partial charge is 0.163 e. The first-order chi connectivity index (χ1) is 9.50. The minimum Gasteiger partial charge on any atom is -0.322 e. The van der Waals surface area contributed by atoms with Gasteiger partial charge in [0.25, 0.3) is 0 Å². The molecule has 1 aromatic rings. The molecule has 0 aromatic heterocycles. The van der Waals surface area contributed by atoms with E-state index in [0.717, 1.165) is 38.4 Å². The van der Waals surface area contributed by atoms with Gasteiger partial charge in [0.05, 0.1) is 6.04 Å². The lowest BCUT2D eigenvalue weighted by molar-refractivity contribution is 0.0531. The van der Waals surface area contributed by atoms with E-state index >= 15 is 0 Å². The molecule has 4 heteroatoms. The Kier molecular flexibility index (Phi) is 4.76. The van der Waals surface area contributed by atoms with E-state index in [1.807, 2.05) is 0 Å². The molecule has 2 nitrogen and oxygen atoms in total. The van der Waals surface area contributed by atoms with Gasteiger partial charge in [0, 0.05) is 11.1 Å². The van der Waals surface area contributed by atoms with Gasteiger partial charge < -0.3 is 5.73 Å². The highest BCUT2D eigenvalue weighted by Gasteiger charge is 2.38. The van der Waals surface area contributed by atoms with Crippen LogP contribution in [0.3, 0.4) is 0 Å². The summed E-state index contributed by atoms with van der Waals surface area (Å²) in [5.41, 5.74) is 6.28. The fraction of sp³-hybridized carbons (Fsp3) is 0.625. The van der Waals surface area contributed by atoms with Gasteiger partial charge in [0.1, 0.15) is 0 Å². The molecule has 0 spiro atoms. The Labute approximate surface area is 120 Å². The third-order valence-corrected chi connectivity index (χ3v) is 4.78. The maximum Gasteiger partial charge on any atom is 0.163 e. The van der Waals surface area contributed by atoms with Gasteiger partial charge in [-0.25, -0.2) is 8.78 Å². The number of halogens is 2. The van der Waals surface area contributed by atoms with Gasteiger partial charge in [0.15, 0.2) is 11.6 Å². The Hall–Kier alpha value is -1.00. The molecule has 1 aromatic carbocycles. The summed E-state index contributed by atoms with van der Waals surface area (Å²) < 4.78 is 27.4. The van der Waals surface area contributed by atoms with Gasteiger partial charge in [-0.05, 0) is 45.3 Å². The molecule has 1 heterocycles. The predicted octanol–water partition coefficient (Wildman–Crippen LogP) is 3.62. The Morgan fingerprint density at radius 3 is 2.50 bits per heavy atom.